The first-order valence-corrected chi connectivity index (χ1v) is 6.12. The van der Waals surface area contributed by atoms with Crippen LogP contribution < -0.4 is 0 Å². The van der Waals surface area contributed by atoms with Gasteiger partial charge in [-0.05, 0) is 31.0 Å². The Bertz CT molecular complexity index is 554. The average molecular weight is 246 g/mol. The third-order valence-corrected chi connectivity index (χ3v) is 2.93. The van der Waals surface area contributed by atoms with Gasteiger partial charge in [-0.25, -0.2) is 0 Å². The smallest absolute Gasteiger partial charge is 0.198 e. The topological polar surface area (TPSA) is 39.4 Å². The zero-order chi connectivity index (χ0) is 13.1. The number of fused-ring (bicyclic) bond motifs is 1. The zero-order valence-electron chi connectivity index (χ0n) is 11.0. The molecule has 0 saturated heterocycles. The molecule has 0 bridgehead atoms. The Labute approximate surface area is 107 Å². The van der Waals surface area contributed by atoms with Crippen LogP contribution in [0, 0.1) is 12.8 Å². The Kier molecular flexibility index (Phi) is 3.82. The van der Waals surface area contributed by atoms with E-state index in [1.165, 1.54) is 0 Å². The monoisotopic (exact) mass is 246 g/mol. The Morgan fingerprint density at radius 2 is 2.17 bits per heavy atom. The van der Waals surface area contributed by atoms with E-state index < -0.39 is 0 Å². The van der Waals surface area contributed by atoms with Crippen LogP contribution in [0.3, 0.4) is 0 Å². The van der Waals surface area contributed by atoms with Gasteiger partial charge in [-0.2, -0.15) is 0 Å². The van der Waals surface area contributed by atoms with Gasteiger partial charge in [0.25, 0.3) is 0 Å². The fraction of sp³-hybridized carbons (Fsp3) is 0.400. The number of hydrogen-bond donors (Lipinski definition) is 0. The molecule has 18 heavy (non-hydrogen) atoms. The van der Waals surface area contributed by atoms with Crippen LogP contribution in [0.25, 0.3) is 11.0 Å². The van der Waals surface area contributed by atoms with E-state index in [-0.39, 0.29) is 11.7 Å². The van der Waals surface area contributed by atoms with Crippen molar-refractivity contribution in [3.05, 3.63) is 35.6 Å². The maximum Gasteiger partial charge on any atom is 0.198 e. The SMILES string of the molecule is COCC(C)CC(=O)c1cc2cc(C)ccc2o1. The van der Waals surface area contributed by atoms with E-state index in [2.05, 4.69) is 0 Å². The number of Topliss-reactive ketones (excluding diaryl/α,β-unsaturated/α-hetero) is 1. The lowest BCUT2D eigenvalue weighted by atomic mass is 10.0. The predicted octanol–water partition coefficient (Wildman–Crippen LogP) is 3.60. The first-order chi connectivity index (χ1) is 8.60. The van der Waals surface area contributed by atoms with Gasteiger partial charge in [0.05, 0.1) is 0 Å². The third-order valence-electron chi connectivity index (χ3n) is 2.93. The van der Waals surface area contributed by atoms with Gasteiger partial charge in [-0.3, -0.25) is 4.79 Å². The van der Waals surface area contributed by atoms with Crippen LogP contribution in [-0.2, 0) is 4.74 Å². The van der Waals surface area contributed by atoms with E-state index in [4.69, 9.17) is 9.15 Å². The van der Waals surface area contributed by atoms with Crippen LogP contribution in [0.2, 0.25) is 0 Å². The van der Waals surface area contributed by atoms with Gasteiger partial charge in [-0.1, -0.05) is 18.6 Å². The van der Waals surface area contributed by atoms with E-state index in [0.717, 1.165) is 16.5 Å². The molecule has 1 heterocycles. The number of carbonyl (C=O) groups is 1. The van der Waals surface area contributed by atoms with Gasteiger partial charge < -0.3 is 9.15 Å². The van der Waals surface area contributed by atoms with Crippen molar-refractivity contribution in [3.8, 4) is 0 Å². The van der Waals surface area contributed by atoms with Crippen LogP contribution in [0.4, 0.5) is 0 Å². The second-order valence-electron chi connectivity index (χ2n) is 4.84. The largest absolute Gasteiger partial charge is 0.453 e. The molecular formula is C15H18O3. The molecule has 96 valence electrons. The molecule has 0 fully saturated rings. The Morgan fingerprint density at radius 3 is 2.89 bits per heavy atom. The molecule has 0 aliphatic carbocycles. The number of carbonyl (C=O) groups excluding carboxylic acids is 1. The summed E-state index contributed by atoms with van der Waals surface area (Å²) < 4.78 is 10.6. The Hall–Kier alpha value is -1.61. The van der Waals surface area contributed by atoms with E-state index in [0.29, 0.717) is 18.8 Å². The molecule has 1 aromatic carbocycles. The number of benzene rings is 1. The molecular weight excluding hydrogens is 228 g/mol. The summed E-state index contributed by atoms with van der Waals surface area (Å²) in [5.41, 5.74) is 1.93. The first-order valence-electron chi connectivity index (χ1n) is 6.12. The lowest BCUT2D eigenvalue weighted by molar-refractivity contribution is 0.0895. The molecule has 1 atom stereocenters. The number of furan rings is 1. The van der Waals surface area contributed by atoms with Crippen LogP contribution >= 0.6 is 0 Å². The minimum Gasteiger partial charge on any atom is -0.453 e. The molecule has 2 rings (SSSR count). The van der Waals surface area contributed by atoms with Crippen LogP contribution in [0.1, 0.15) is 29.5 Å². The molecule has 1 unspecified atom stereocenters. The maximum atomic E-state index is 12.0. The van der Waals surface area contributed by atoms with Crippen molar-refractivity contribution in [2.45, 2.75) is 20.3 Å². The normalized spacial score (nSPS) is 12.8. The fourth-order valence-electron chi connectivity index (χ4n) is 2.06. The second kappa shape index (κ2) is 5.36. The van der Waals surface area contributed by atoms with Crippen LogP contribution in [0.15, 0.2) is 28.7 Å². The molecule has 2 aromatic rings. The summed E-state index contributed by atoms with van der Waals surface area (Å²) in [4.78, 5) is 12.0. The van der Waals surface area contributed by atoms with Gasteiger partial charge >= 0.3 is 0 Å². The predicted molar refractivity (Wildman–Crippen MR) is 70.9 cm³/mol. The average Bonchev–Trinajstić information content (AvgIpc) is 2.72. The van der Waals surface area contributed by atoms with Crippen molar-refractivity contribution in [3.63, 3.8) is 0 Å². The molecule has 0 N–H and O–H groups in total. The molecule has 3 nitrogen and oxygen atoms in total. The van der Waals surface area contributed by atoms with E-state index in [9.17, 15) is 4.79 Å². The van der Waals surface area contributed by atoms with Crippen molar-refractivity contribution in [2.24, 2.45) is 5.92 Å². The minimum atomic E-state index is 0.0356. The Morgan fingerprint density at radius 1 is 1.39 bits per heavy atom. The summed E-state index contributed by atoms with van der Waals surface area (Å²) >= 11 is 0. The highest BCUT2D eigenvalue weighted by Gasteiger charge is 2.15. The number of ether oxygens (including phenoxy) is 1. The van der Waals surface area contributed by atoms with Crippen molar-refractivity contribution < 1.29 is 13.9 Å². The number of methoxy groups -OCH3 is 1. The molecule has 0 radical (unpaired) electrons. The molecule has 3 heteroatoms. The van der Waals surface area contributed by atoms with Gasteiger partial charge in [-0.15, -0.1) is 0 Å². The van der Waals surface area contributed by atoms with Crippen molar-refractivity contribution in [2.75, 3.05) is 13.7 Å². The summed E-state index contributed by atoms with van der Waals surface area (Å²) in [7, 11) is 1.64. The highest BCUT2D eigenvalue weighted by Crippen LogP contribution is 2.22. The number of rotatable bonds is 5. The summed E-state index contributed by atoms with van der Waals surface area (Å²) in [5.74, 6) is 0.685. The van der Waals surface area contributed by atoms with Crippen molar-refractivity contribution in [1.82, 2.24) is 0 Å². The standard InChI is InChI=1S/C15H18O3/c1-10-4-5-14-12(6-10)8-15(18-14)13(16)7-11(2)9-17-3/h4-6,8,11H,7,9H2,1-3H3. The lowest BCUT2D eigenvalue weighted by Crippen LogP contribution is -2.10. The molecule has 1 aromatic heterocycles. The molecule has 0 spiro atoms. The van der Waals surface area contributed by atoms with E-state index in [1.54, 1.807) is 7.11 Å². The lowest BCUT2D eigenvalue weighted by Gasteiger charge is -2.07. The molecule has 0 amide bonds. The summed E-state index contributed by atoms with van der Waals surface area (Å²) in [5, 5.41) is 0.984. The van der Waals surface area contributed by atoms with Gasteiger partial charge in [0, 0.05) is 25.5 Å². The Balaban J connectivity index is 2.18. The minimum absolute atomic E-state index is 0.0356. The van der Waals surface area contributed by atoms with Crippen molar-refractivity contribution in [1.29, 1.82) is 0 Å². The van der Waals surface area contributed by atoms with E-state index in [1.807, 2.05) is 38.1 Å². The molecule has 0 aliphatic rings. The summed E-state index contributed by atoms with van der Waals surface area (Å²) in [6.45, 7) is 4.61. The fourth-order valence-corrected chi connectivity index (χ4v) is 2.06. The van der Waals surface area contributed by atoms with Crippen LogP contribution in [0.5, 0.6) is 0 Å². The third kappa shape index (κ3) is 2.79. The highest BCUT2D eigenvalue weighted by molar-refractivity contribution is 5.97. The van der Waals surface area contributed by atoms with Gasteiger partial charge in [0.15, 0.2) is 11.5 Å². The second-order valence-corrected chi connectivity index (χ2v) is 4.84. The number of aryl methyl sites for hydroxylation is 1. The maximum absolute atomic E-state index is 12.0. The van der Waals surface area contributed by atoms with Gasteiger partial charge in [0.2, 0.25) is 0 Å². The molecule has 0 saturated carbocycles. The summed E-state index contributed by atoms with van der Waals surface area (Å²) in [6.07, 6.45) is 0.451. The highest BCUT2D eigenvalue weighted by atomic mass is 16.5. The van der Waals surface area contributed by atoms with Crippen LogP contribution in [-0.4, -0.2) is 19.5 Å². The van der Waals surface area contributed by atoms with Gasteiger partial charge in [0.1, 0.15) is 5.58 Å². The quantitative estimate of drug-likeness (QED) is 0.757. The summed E-state index contributed by atoms with van der Waals surface area (Å²) in [6, 6.07) is 7.73. The zero-order valence-corrected chi connectivity index (χ0v) is 11.0. The number of hydrogen-bond acceptors (Lipinski definition) is 3. The van der Waals surface area contributed by atoms with Crippen molar-refractivity contribution >= 4 is 16.8 Å². The van der Waals surface area contributed by atoms with E-state index >= 15 is 0 Å². The number of ketones is 1. The molecule has 0 aliphatic heterocycles. The first kappa shape index (κ1) is 12.8.